The Hall–Kier alpha value is -13.4. The van der Waals surface area contributed by atoms with Crippen LogP contribution in [0.1, 0.15) is 197 Å². The molecule has 4 N–H and O–H groups in total. The number of alkyl halides is 3. The van der Waals surface area contributed by atoms with Gasteiger partial charge in [-0.1, -0.05) is 204 Å². The molecule has 0 atom stereocenters. The Kier molecular flexibility index (Phi) is 29.7. The van der Waals surface area contributed by atoms with Crippen molar-refractivity contribution in [3.05, 3.63) is 271 Å². The lowest BCUT2D eigenvalue weighted by Crippen LogP contribution is -2.28. The summed E-state index contributed by atoms with van der Waals surface area (Å²) in [5.74, 6) is 1.48. The van der Waals surface area contributed by atoms with Crippen molar-refractivity contribution < 1.29 is 30.5 Å². The molecule has 0 saturated heterocycles. The van der Waals surface area contributed by atoms with E-state index in [9.17, 15) is 26.4 Å². The van der Waals surface area contributed by atoms with Crippen LogP contribution in [-0.4, -0.2) is 134 Å². The molecule has 0 radical (unpaired) electrons. The minimum absolute atomic E-state index is 0.00585. The highest BCUT2D eigenvalue weighted by Gasteiger charge is 2.49. The Bertz CT molecular complexity index is 6530. The summed E-state index contributed by atoms with van der Waals surface area (Å²) in [7, 11) is -0.903. The van der Waals surface area contributed by atoms with E-state index in [4.69, 9.17) is 59.8 Å². The topological polar surface area (TPSA) is 337 Å². The van der Waals surface area contributed by atoms with Crippen molar-refractivity contribution in [2.24, 2.45) is 5.73 Å². The van der Waals surface area contributed by atoms with Gasteiger partial charge < -0.3 is 25.0 Å². The predicted octanol–water partition coefficient (Wildman–Crippen LogP) is 18.9. The van der Waals surface area contributed by atoms with Crippen molar-refractivity contribution in [3.63, 3.8) is 0 Å². The predicted molar refractivity (Wildman–Crippen MR) is 494 cm³/mol. The number of hydrogen-bond donors (Lipinski definition) is 3. The van der Waals surface area contributed by atoms with Crippen LogP contribution < -0.4 is 25.5 Å². The first-order valence-corrected chi connectivity index (χ1v) is 44.0. The number of fused-ring (bicyclic) bond motifs is 4. The van der Waals surface area contributed by atoms with Crippen LogP contribution in [0.4, 0.5) is 19.0 Å². The molecule has 0 fully saturated rings. The third-order valence-corrected chi connectivity index (χ3v) is 22.1. The number of ether oxygens (including phenoxy) is 1. The maximum absolute atomic E-state index is 13.1. The van der Waals surface area contributed by atoms with Gasteiger partial charge in [0.1, 0.15) is 27.9 Å². The Morgan fingerprint density at radius 2 is 0.685 bits per heavy atom. The number of H-pyrrole nitrogens is 1. The molecule has 0 saturated carbocycles. The van der Waals surface area contributed by atoms with E-state index in [2.05, 4.69) is 144 Å². The molecule has 0 bridgehead atoms. The second kappa shape index (κ2) is 40.7. The Labute approximate surface area is 737 Å². The number of anilines is 1. The van der Waals surface area contributed by atoms with Crippen LogP contribution in [0.3, 0.4) is 0 Å². The molecule has 0 amide bonds. The molecule has 0 aliphatic rings. The lowest BCUT2D eigenvalue weighted by molar-refractivity contribution is -0.0501. The molecule has 660 valence electrons. The first-order chi connectivity index (χ1) is 60.9. The van der Waals surface area contributed by atoms with Crippen LogP contribution >= 0.6 is 0 Å². The van der Waals surface area contributed by atoms with Crippen molar-refractivity contribution in [1.82, 2.24) is 98.9 Å². The summed E-state index contributed by atoms with van der Waals surface area (Å²) >= 11 is 0. The third kappa shape index (κ3) is 20.9. The number of nitrogens with zero attached hydrogens (tertiary/aromatic N) is 19. The minimum Gasteiger partial charge on any atom is -0.480 e. The van der Waals surface area contributed by atoms with Crippen molar-refractivity contribution in [2.75, 3.05) is 26.5 Å². The monoisotopic (exact) mass is 1740 g/mol. The van der Waals surface area contributed by atoms with Gasteiger partial charge >= 0.3 is 15.6 Å². The van der Waals surface area contributed by atoms with E-state index < -0.39 is 21.5 Å². The molecule has 16 rings (SSSR count). The molecule has 16 aromatic rings. The van der Waals surface area contributed by atoms with Crippen LogP contribution in [0.5, 0.6) is 11.8 Å². The molecule has 12 heterocycles. The highest BCUT2D eigenvalue weighted by Crippen LogP contribution is 2.39. The third-order valence-electron chi connectivity index (χ3n) is 21.2. The molecule has 0 spiro atoms. The smallest absolute Gasteiger partial charge is 0.480 e. The normalized spacial score (nSPS) is 11.6. The van der Waals surface area contributed by atoms with Gasteiger partial charge in [-0.15, -0.1) is 0 Å². The maximum atomic E-state index is 13.1. The van der Waals surface area contributed by atoms with Crippen molar-refractivity contribution in [3.8, 4) is 56.8 Å². The number of pyridine rings is 4. The van der Waals surface area contributed by atoms with Crippen molar-refractivity contribution in [2.45, 2.75) is 192 Å². The molecule has 0 aliphatic carbocycles. The SMILES string of the molecule is CCc1nc2c(nc1-c1ccc(C(C)C)[nH]c1=O)c(C)nn2Cc1ccccc1.CCc1nc2c(nc1-c1ccc(C(C)C)nc1NC)c(C)nn2Cc1ccccc1.CCc1nc2c(nc1-c1ccc(C(C)C)nc1OC)c(C)nn2Cc1ccccc1.CCc1nc2c(nc1-c1ccc(C(C)C)nc1OS(=O)(=O)C(F)(F)F)c(C)nn2Cc1ccccc1.CN. The van der Waals surface area contributed by atoms with E-state index >= 15 is 0 Å². The number of halogens is 3. The number of aryl methyl sites for hydroxylation is 8. The largest absolute Gasteiger partial charge is 0.534 e. The summed E-state index contributed by atoms with van der Waals surface area (Å²) in [5.41, 5.74) is 23.5. The molecule has 0 unspecified atom stereocenters. The van der Waals surface area contributed by atoms with Gasteiger partial charge in [0.05, 0.1) is 118 Å². The number of aromatic amines is 1. The number of nitrogens with one attached hydrogen (secondary N) is 2. The molecule has 27 nitrogen and oxygen atoms in total. The lowest BCUT2D eigenvalue weighted by atomic mass is 10.0. The summed E-state index contributed by atoms with van der Waals surface area (Å²) in [6.45, 7) is 34.3. The molecule has 0 aliphatic heterocycles. The summed E-state index contributed by atoms with van der Waals surface area (Å²) in [4.78, 5) is 68.4. The van der Waals surface area contributed by atoms with Gasteiger partial charge in [0.25, 0.3) is 5.56 Å². The van der Waals surface area contributed by atoms with Crippen LogP contribution in [-0.2, 0) is 62.0 Å². The average molecular weight is 1740 g/mol. The van der Waals surface area contributed by atoms with E-state index in [0.29, 0.717) is 96.2 Å². The summed E-state index contributed by atoms with van der Waals surface area (Å²) in [6.07, 6.45) is 2.58. The number of benzene rings is 4. The Morgan fingerprint density at radius 3 is 0.976 bits per heavy atom. The average Bonchev–Trinajstić information content (AvgIpc) is 1.67. The quantitative estimate of drug-likeness (QED) is 0.0374. The van der Waals surface area contributed by atoms with E-state index in [-0.39, 0.29) is 28.7 Å². The maximum Gasteiger partial charge on any atom is 0.534 e. The highest BCUT2D eigenvalue weighted by atomic mass is 32.2. The number of hydrogen-bond acceptors (Lipinski definition) is 22. The van der Waals surface area contributed by atoms with Crippen LogP contribution in [0, 0.1) is 27.7 Å². The zero-order valence-electron chi connectivity index (χ0n) is 75.3. The zero-order valence-corrected chi connectivity index (χ0v) is 76.1. The van der Waals surface area contributed by atoms with E-state index in [1.54, 1.807) is 38.6 Å². The molecule has 127 heavy (non-hydrogen) atoms. The van der Waals surface area contributed by atoms with Gasteiger partial charge in [-0.05, 0) is 155 Å². The molecular formula is C96H109F3N22O5S. The van der Waals surface area contributed by atoms with Gasteiger partial charge in [0.2, 0.25) is 11.8 Å². The van der Waals surface area contributed by atoms with Gasteiger partial charge in [0.15, 0.2) is 22.6 Å². The van der Waals surface area contributed by atoms with Gasteiger partial charge in [-0.3, -0.25) is 4.79 Å². The van der Waals surface area contributed by atoms with E-state index in [1.807, 2.05) is 165 Å². The first-order valence-electron chi connectivity index (χ1n) is 42.6. The van der Waals surface area contributed by atoms with Gasteiger partial charge in [0, 0.05) is 35.4 Å². The molecule has 4 aromatic carbocycles. The molecular weight excluding hydrogens is 1630 g/mol. The van der Waals surface area contributed by atoms with E-state index in [1.165, 1.54) is 24.2 Å². The lowest BCUT2D eigenvalue weighted by Gasteiger charge is -2.15. The second-order valence-electron chi connectivity index (χ2n) is 31.6. The number of methoxy groups -OCH3 is 1. The van der Waals surface area contributed by atoms with Crippen LogP contribution in [0.2, 0.25) is 0 Å². The van der Waals surface area contributed by atoms with Crippen molar-refractivity contribution >= 4 is 60.6 Å². The second-order valence-corrected chi connectivity index (χ2v) is 33.2. The Morgan fingerprint density at radius 1 is 0.394 bits per heavy atom. The standard InChI is InChI=1S/C24H24F3N5O3S.C24H28N6.C24H27N5O.C23H25N5O.CH5N/c1-5-18-21(17-11-12-19(14(2)3)29-23(17)35-36(33,34)24(25,26)27)30-20-15(4)31-32(22(20)28-18)13-16-9-7-6-8-10-16;1-6-19-22(18-12-13-20(15(2)3)26-23(18)25-5)28-21-16(4)29-30(24(21)27-19)14-17-10-8-7-9-11-17;1-6-19-22(18-12-13-20(15(2)3)26-24(18)30-5)27-21-16(4)28-29(23(21)25-19)14-17-10-8-7-9-11-17;1-5-18-21(17-11-12-19(14(2)3)25-23(17)29)26-20-15(4)27-28(22(20)24-18)13-16-9-7-6-8-10-16;1-2/h6-12,14H,5,13H2,1-4H3;7-13,15H,6,14H2,1-5H3,(H,25,26);7-13,15H,6,14H2,1-5H3;6-12,14H,5,13H2,1-4H3,(H,25,29);2H2,1H3. The fourth-order valence-corrected chi connectivity index (χ4v) is 14.9. The fourth-order valence-electron chi connectivity index (χ4n) is 14.4. The number of aromatic nitrogens is 20. The fraction of sp³-hybridized carbons (Fsp3) is 0.333. The summed E-state index contributed by atoms with van der Waals surface area (Å²) in [6, 6.07) is 55.6. The van der Waals surface area contributed by atoms with Gasteiger partial charge in [-0.25, -0.2) is 73.6 Å². The number of nitrogens with two attached hydrogens (primary N) is 1. The zero-order chi connectivity index (χ0) is 91.3. The van der Waals surface area contributed by atoms with Crippen LogP contribution in [0.15, 0.2) is 175 Å². The van der Waals surface area contributed by atoms with Crippen molar-refractivity contribution in [1.29, 1.82) is 0 Å². The van der Waals surface area contributed by atoms with Gasteiger partial charge in [-0.2, -0.15) is 42.0 Å². The Balaban J connectivity index is 0.000000153. The molecule has 31 heteroatoms. The van der Waals surface area contributed by atoms with Crippen LogP contribution in [0.25, 0.3) is 89.7 Å². The highest BCUT2D eigenvalue weighted by molar-refractivity contribution is 7.88. The minimum atomic E-state index is -5.95. The summed E-state index contributed by atoms with van der Waals surface area (Å²) in [5, 5.41) is 21.9. The number of rotatable bonds is 24. The summed E-state index contributed by atoms with van der Waals surface area (Å²) < 4.78 is 80.7. The van der Waals surface area contributed by atoms with E-state index in [0.717, 1.165) is 137 Å². The first kappa shape index (κ1) is 92.8. The molecule has 12 aromatic heterocycles.